The predicted molar refractivity (Wildman–Crippen MR) is 114 cm³/mol. The van der Waals surface area contributed by atoms with Crippen LogP contribution in [0.2, 0.25) is 0 Å². The monoisotopic (exact) mass is 427 g/mol. The number of pyridine rings is 1. The minimum atomic E-state index is -1.07. The second-order valence-corrected chi connectivity index (χ2v) is 7.91. The van der Waals surface area contributed by atoms with Crippen LogP contribution in [0, 0.1) is 0 Å². The molecule has 2 amide bonds. The molecule has 0 fully saturated rings. The lowest BCUT2D eigenvalue weighted by Gasteiger charge is -2.16. The highest BCUT2D eigenvalue weighted by Crippen LogP contribution is 2.28. The van der Waals surface area contributed by atoms with Crippen molar-refractivity contribution in [3.05, 3.63) is 80.4 Å². The third-order valence-corrected chi connectivity index (χ3v) is 5.61. The molecule has 0 spiro atoms. The molecule has 4 N–H and O–H groups in total. The first-order valence-electron chi connectivity index (χ1n) is 9.14. The summed E-state index contributed by atoms with van der Waals surface area (Å²) in [5.41, 5.74) is 0.269. The summed E-state index contributed by atoms with van der Waals surface area (Å²) in [7, 11) is 1.48. The Hall–Kier alpha value is -3.59. The van der Waals surface area contributed by atoms with E-state index in [1.807, 2.05) is 36.4 Å². The summed E-state index contributed by atoms with van der Waals surface area (Å²) in [6, 6.07) is 13.3. The number of hydrogen-bond donors (Lipinski definition) is 4. The van der Waals surface area contributed by atoms with Gasteiger partial charge in [0.25, 0.3) is 5.56 Å². The van der Waals surface area contributed by atoms with Crippen molar-refractivity contribution in [1.29, 1.82) is 0 Å². The fourth-order valence-electron chi connectivity index (χ4n) is 2.92. The summed E-state index contributed by atoms with van der Waals surface area (Å²) < 4.78 is 1.21. The zero-order chi connectivity index (χ0) is 21.7. The number of carboxylic acid groups (broad SMARTS) is 1. The molecule has 9 heteroatoms. The van der Waals surface area contributed by atoms with Crippen LogP contribution in [-0.4, -0.2) is 26.8 Å². The summed E-state index contributed by atoms with van der Waals surface area (Å²) in [4.78, 5) is 37.6. The van der Waals surface area contributed by atoms with Gasteiger partial charge in [0.2, 0.25) is 0 Å². The molecule has 0 saturated carbocycles. The average Bonchev–Trinajstić information content (AvgIpc) is 3.17. The van der Waals surface area contributed by atoms with Crippen molar-refractivity contribution in [2.45, 2.75) is 18.9 Å². The number of nitrogens with zero attached hydrogens (tertiary/aromatic N) is 1. The van der Waals surface area contributed by atoms with E-state index in [0.717, 1.165) is 10.4 Å². The van der Waals surface area contributed by atoms with E-state index in [0.29, 0.717) is 11.3 Å². The summed E-state index contributed by atoms with van der Waals surface area (Å²) in [6.07, 6.45) is 1.75. The predicted octanol–water partition coefficient (Wildman–Crippen LogP) is 3.08. The van der Waals surface area contributed by atoms with Crippen LogP contribution in [0.1, 0.15) is 27.8 Å². The topological polar surface area (TPSA) is 121 Å². The van der Waals surface area contributed by atoms with Crippen molar-refractivity contribution in [3.63, 3.8) is 0 Å². The molecule has 0 aliphatic rings. The molecule has 1 atom stereocenters. The number of carbonyl (C=O) groups is 2. The van der Waals surface area contributed by atoms with Crippen LogP contribution < -0.4 is 16.2 Å². The molecule has 0 bridgehead atoms. The third kappa shape index (κ3) is 5.26. The molecule has 3 rings (SSSR count). The maximum Gasteiger partial charge on any atom is 0.320 e. The molecular weight excluding hydrogens is 406 g/mol. The van der Waals surface area contributed by atoms with Crippen molar-refractivity contribution in [2.75, 3.05) is 5.32 Å². The van der Waals surface area contributed by atoms with E-state index in [1.165, 1.54) is 35.2 Å². The maximum atomic E-state index is 12.4. The average molecular weight is 427 g/mol. The number of urea groups is 1. The third-order valence-electron chi connectivity index (χ3n) is 4.42. The van der Waals surface area contributed by atoms with Gasteiger partial charge in [0, 0.05) is 29.4 Å². The molecule has 156 valence electrons. The zero-order valence-electron chi connectivity index (χ0n) is 16.2. The number of thiophene rings is 1. The number of amides is 2. The number of nitrogens with one attached hydrogen (secondary N) is 2. The number of aliphatic carboxylic acids is 1. The number of aromatic nitrogens is 1. The molecule has 8 nitrogen and oxygen atoms in total. The normalized spacial score (nSPS) is 11.6. The van der Waals surface area contributed by atoms with E-state index in [-0.39, 0.29) is 17.9 Å². The van der Waals surface area contributed by atoms with Gasteiger partial charge in [-0.05, 0) is 23.8 Å². The first-order valence-corrected chi connectivity index (χ1v) is 9.95. The molecule has 0 aliphatic heterocycles. The highest BCUT2D eigenvalue weighted by Gasteiger charge is 2.21. The lowest BCUT2D eigenvalue weighted by Crippen LogP contribution is -2.35. The molecule has 0 saturated heterocycles. The van der Waals surface area contributed by atoms with Crippen LogP contribution in [0.5, 0.6) is 5.75 Å². The molecule has 30 heavy (non-hydrogen) atoms. The second kappa shape index (κ2) is 9.27. The van der Waals surface area contributed by atoms with Gasteiger partial charge in [-0.3, -0.25) is 9.59 Å². The quantitative estimate of drug-likeness (QED) is 0.462. The van der Waals surface area contributed by atoms with Gasteiger partial charge in [-0.15, -0.1) is 11.3 Å². The highest BCUT2D eigenvalue weighted by molar-refractivity contribution is 7.12. The van der Waals surface area contributed by atoms with Crippen molar-refractivity contribution < 1.29 is 19.8 Å². The Kier molecular flexibility index (Phi) is 6.53. The SMILES string of the molecule is Cn1ccc(O)c(NC(=O)NC(CC(=O)O)c2ccc(Cc3ccccc3)s2)c1=O. The zero-order valence-corrected chi connectivity index (χ0v) is 17.0. The Bertz CT molecular complexity index is 1110. The van der Waals surface area contributed by atoms with Crippen LogP contribution in [0.4, 0.5) is 10.5 Å². The summed E-state index contributed by atoms with van der Waals surface area (Å²) >= 11 is 1.41. The number of aromatic hydroxyl groups is 1. The molecule has 2 heterocycles. The minimum absolute atomic E-state index is 0.275. The van der Waals surface area contributed by atoms with Crippen molar-refractivity contribution in [2.24, 2.45) is 7.05 Å². The van der Waals surface area contributed by atoms with Crippen molar-refractivity contribution >= 4 is 29.0 Å². The van der Waals surface area contributed by atoms with E-state index in [1.54, 1.807) is 6.07 Å². The van der Waals surface area contributed by atoms with E-state index in [9.17, 15) is 24.6 Å². The van der Waals surface area contributed by atoms with E-state index >= 15 is 0 Å². The first kappa shape index (κ1) is 21.1. The van der Waals surface area contributed by atoms with Gasteiger partial charge in [-0.2, -0.15) is 0 Å². The largest absolute Gasteiger partial charge is 0.505 e. The molecule has 0 radical (unpaired) electrons. The van der Waals surface area contributed by atoms with E-state index in [4.69, 9.17) is 0 Å². The summed E-state index contributed by atoms with van der Waals surface area (Å²) in [5, 5.41) is 24.0. The molecule has 3 aromatic rings. The van der Waals surface area contributed by atoms with Crippen LogP contribution in [0.3, 0.4) is 0 Å². The fraction of sp³-hybridized carbons (Fsp3) is 0.190. The van der Waals surface area contributed by atoms with Crippen molar-refractivity contribution in [3.8, 4) is 5.75 Å². The van der Waals surface area contributed by atoms with Crippen LogP contribution in [-0.2, 0) is 18.3 Å². The van der Waals surface area contributed by atoms with Gasteiger partial charge in [-0.25, -0.2) is 4.79 Å². The number of aryl methyl sites for hydroxylation is 1. The maximum absolute atomic E-state index is 12.4. The smallest absolute Gasteiger partial charge is 0.320 e. The van der Waals surface area contributed by atoms with Gasteiger partial charge in [-0.1, -0.05) is 30.3 Å². The highest BCUT2D eigenvalue weighted by atomic mass is 32.1. The van der Waals surface area contributed by atoms with Gasteiger partial charge in [0.05, 0.1) is 12.5 Å². The number of rotatable bonds is 7. The lowest BCUT2D eigenvalue weighted by atomic mass is 10.1. The number of anilines is 1. The molecular formula is C21H21N3O5S. The van der Waals surface area contributed by atoms with Gasteiger partial charge < -0.3 is 25.4 Å². The van der Waals surface area contributed by atoms with E-state index < -0.39 is 23.6 Å². The molecule has 1 aromatic carbocycles. The molecule has 2 aromatic heterocycles. The Labute approximate surface area is 176 Å². The standard InChI is InChI=1S/C21H21N3O5S/c1-24-10-9-16(25)19(20(24)28)23-21(29)22-15(12-18(26)27)17-8-7-14(30-17)11-13-5-3-2-4-6-13/h2-10,15,25H,11-12H2,1H3,(H,26,27)(H2,22,23,29). The lowest BCUT2D eigenvalue weighted by molar-refractivity contribution is -0.137. The van der Waals surface area contributed by atoms with Gasteiger partial charge >= 0.3 is 12.0 Å². The van der Waals surface area contributed by atoms with Crippen LogP contribution in [0.25, 0.3) is 0 Å². The van der Waals surface area contributed by atoms with Gasteiger partial charge in [0.1, 0.15) is 5.75 Å². The number of carboxylic acids is 1. The summed E-state index contributed by atoms with van der Waals surface area (Å²) in [6.45, 7) is 0. The Balaban J connectivity index is 1.75. The van der Waals surface area contributed by atoms with Crippen LogP contribution in [0.15, 0.2) is 59.5 Å². The Morgan fingerprint density at radius 3 is 2.57 bits per heavy atom. The minimum Gasteiger partial charge on any atom is -0.505 e. The fourth-order valence-corrected chi connectivity index (χ4v) is 4.01. The van der Waals surface area contributed by atoms with Gasteiger partial charge in [0.15, 0.2) is 5.69 Å². The second-order valence-electron chi connectivity index (χ2n) is 6.71. The summed E-state index contributed by atoms with van der Waals surface area (Å²) in [5.74, 6) is -1.44. The van der Waals surface area contributed by atoms with Crippen LogP contribution >= 0.6 is 11.3 Å². The number of carbonyl (C=O) groups excluding carboxylic acids is 1. The number of benzene rings is 1. The molecule has 1 unspecified atom stereocenters. The first-order chi connectivity index (χ1) is 14.3. The number of hydrogen-bond acceptors (Lipinski definition) is 5. The Morgan fingerprint density at radius 1 is 1.13 bits per heavy atom. The van der Waals surface area contributed by atoms with Crippen molar-refractivity contribution in [1.82, 2.24) is 9.88 Å². The Morgan fingerprint density at radius 2 is 1.87 bits per heavy atom. The molecule has 0 aliphatic carbocycles. The van der Waals surface area contributed by atoms with E-state index in [2.05, 4.69) is 10.6 Å².